The molecule has 0 aliphatic carbocycles. The molecule has 8 heteroatoms. The molecule has 2 rings (SSSR count). The first-order valence-corrected chi connectivity index (χ1v) is 7.51. The van der Waals surface area contributed by atoms with E-state index < -0.39 is 22.1 Å². The maximum absolute atomic E-state index is 11.0. The van der Waals surface area contributed by atoms with Crippen molar-refractivity contribution >= 4 is 28.9 Å². The maximum atomic E-state index is 11.0. The highest BCUT2D eigenvalue weighted by Crippen LogP contribution is 2.38. The molecule has 128 valence electrons. The molecule has 0 unspecified atom stereocenters. The topological polar surface area (TPSA) is 120 Å². The Morgan fingerprint density at radius 2 is 1.96 bits per heavy atom. The van der Waals surface area contributed by atoms with Crippen molar-refractivity contribution in [3.05, 3.63) is 55.3 Å². The van der Waals surface area contributed by atoms with Crippen molar-refractivity contribution < 1.29 is 15.1 Å². The van der Waals surface area contributed by atoms with Crippen molar-refractivity contribution in [1.82, 2.24) is 4.98 Å². The van der Waals surface area contributed by atoms with E-state index >= 15 is 0 Å². The summed E-state index contributed by atoms with van der Waals surface area (Å²) in [6, 6.07) is 4.18. The van der Waals surface area contributed by atoms with E-state index in [9.17, 15) is 25.6 Å². The van der Waals surface area contributed by atoms with Gasteiger partial charge in [0.1, 0.15) is 5.15 Å². The summed E-state index contributed by atoms with van der Waals surface area (Å²) in [5.41, 5.74) is 2.45. The molecule has 0 spiro atoms. The molecule has 0 fully saturated rings. The van der Waals surface area contributed by atoms with E-state index in [1.165, 1.54) is 6.08 Å². The molecule has 25 heavy (non-hydrogen) atoms. The van der Waals surface area contributed by atoms with Gasteiger partial charge >= 0.3 is 5.69 Å². The van der Waals surface area contributed by atoms with E-state index in [1.54, 1.807) is 13.8 Å². The van der Waals surface area contributed by atoms with Gasteiger partial charge in [-0.1, -0.05) is 11.6 Å². The first-order chi connectivity index (χ1) is 11.7. The third-order valence-electron chi connectivity index (χ3n) is 3.94. The minimum atomic E-state index is -0.831. The third-order valence-corrected chi connectivity index (χ3v) is 4.22. The highest BCUT2D eigenvalue weighted by molar-refractivity contribution is 6.31. The molecule has 1 aromatic carbocycles. The Morgan fingerprint density at radius 3 is 2.52 bits per heavy atom. The average molecular weight is 360 g/mol. The number of pyridine rings is 1. The molecule has 0 aliphatic heterocycles. The van der Waals surface area contributed by atoms with Crippen molar-refractivity contribution in [3.63, 3.8) is 0 Å². The van der Waals surface area contributed by atoms with Gasteiger partial charge < -0.3 is 10.2 Å². The summed E-state index contributed by atoms with van der Waals surface area (Å²) in [5.74, 6) is -1.48. The zero-order valence-corrected chi connectivity index (χ0v) is 14.4. The number of allylic oxidation sites excluding steroid dienone is 1. The Labute approximate surface area is 148 Å². The quantitative estimate of drug-likeness (QED) is 0.280. The second-order valence-corrected chi connectivity index (χ2v) is 5.81. The molecule has 1 heterocycles. The van der Waals surface area contributed by atoms with Crippen LogP contribution in [0.5, 0.6) is 11.5 Å². The number of rotatable bonds is 3. The Bertz CT molecular complexity index is 962. The minimum Gasteiger partial charge on any atom is -0.504 e. The summed E-state index contributed by atoms with van der Waals surface area (Å²) >= 11 is 6.18. The number of nitro groups is 1. The van der Waals surface area contributed by atoms with Gasteiger partial charge in [-0.3, -0.25) is 10.1 Å². The molecule has 0 bridgehead atoms. The number of aromatic nitrogens is 1. The Morgan fingerprint density at radius 1 is 1.32 bits per heavy atom. The van der Waals surface area contributed by atoms with Gasteiger partial charge in [-0.2, -0.15) is 5.26 Å². The van der Waals surface area contributed by atoms with Gasteiger partial charge in [0.25, 0.3) is 0 Å². The van der Waals surface area contributed by atoms with E-state index in [0.717, 1.165) is 29.0 Å². The Balaban J connectivity index is 2.71. The molecule has 2 N–H and O–H groups in total. The van der Waals surface area contributed by atoms with E-state index in [2.05, 4.69) is 4.98 Å². The van der Waals surface area contributed by atoms with Crippen LogP contribution >= 0.6 is 11.6 Å². The molecule has 2 aromatic rings. The number of aryl methyl sites for hydroxylation is 1. The molecule has 0 atom stereocenters. The molecular weight excluding hydrogens is 346 g/mol. The van der Waals surface area contributed by atoms with E-state index in [4.69, 9.17) is 11.6 Å². The number of benzene rings is 1. The second-order valence-electron chi connectivity index (χ2n) is 5.45. The normalized spacial score (nSPS) is 11.2. The van der Waals surface area contributed by atoms with Crippen LogP contribution in [0, 0.1) is 42.2 Å². The number of phenols is 2. The Hall–Kier alpha value is -3.11. The monoisotopic (exact) mass is 359 g/mol. The van der Waals surface area contributed by atoms with Gasteiger partial charge in [-0.15, -0.1) is 0 Å². The molecule has 1 aromatic heterocycles. The van der Waals surface area contributed by atoms with Crippen molar-refractivity contribution in [2.24, 2.45) is 0 Å². The number of nitrogens with zero attached hydrogens (tertiary/aromatic N) is 3. The highest BCUT2D eigenvalue weighted by atomic mass is 35.5. The smallest absolute Gasteiger partial charge is 0.315 e. The number of nitriles is 1. The second kappa shape index (κ2) is 6.79. The fourth-order valence-electron chi connectivity index (χ4n) is 2.39. The van der Waals surface area contributed by atoms with Gasteiger partial charge in [0.05, 0.1) is 16.6 Å². The SMILES string of the molecule is Cc1nc(Cl)c(C(C#N)=Cc2cc(O)c(O)c([N+](=O)[O-])c2)c(C)c1C. The van der Waals surface area contributed by atoms with E-state index in [0.29, 0.717) is 5.56 Å². The Kier molecular flexibility index (Phi) is 4.95. The summed E-state index contributed by atoms with van der Waals surface area (Å²) in [6.45, 7) is 5.45. The predicted octanol–water partition coefficient (Wildman–Crippen LogP) is 4.04. The van der Waals surface area contributed by atoms with E-state index in [1.807, 2.05) is 13.0 Å². The zero-order chi connectivity index (χ0) is 18.9. The van der Waals surface area contributed by atoms with Gasteiger partial charge in [0, 0.05) is 17.3 Å². The van der Waals surface area contributed by atoms with Gasteiger partial charge in [-0.05, 0) is 49.6 Å². The first kappa shape index (κ1) is 18.2. The molecule has 0 saturated carbocycles. The molecule has 0 aliphatic rings. The van der Waals surface area contributed by atoms with Crippen LogP contribution in [0.1, 0.15) is 27.9 Å². The van der Waals surface area contributed by atoms with Crippen molar-refractivity contribution in [3.8, 4) is 17.6 Å². The average Bonchev–Trinajstić information content (AvgIpc) is 2.54. The molecule has 0 amide bonds. The fourth-order valence-corrected chi connectivity index (χ4v) is 2.76. The van der Waals surface area contributed by atoms with Gasteiger partial charge in [-0.25, -0.2) is 4.98 Å². The van der Waals surface area contributed by atoms with Crippen molar-refractivity contribution in [2.45, 2.75) is 20.8 Å². The maximum Gasteiger partial charge on any atom is 0.315 e. The number of aromatic hydroxyl groups is 2. The fraction of sp³-hybridized carbons (Fsp3) is 0.176. The number of hydrogen-bond acceptors (Lipinski definition) is 6. The van der Waals surface area contributed by atoms with Crippen LogP contribution in [0.3, 0.4) is 0 Å². The predicted molar refractivity (Wildman–Crippen MR) is 93.4 cm³/mol. The standard InChI is InChI=1S/C17H14ClN3O4/c1-8-9(2)15(17(18)20-10(8)3)12(7-19)4-11-5-13(21(24)25)16(23)14(22)6-11/h4-6,22-23H,1-3H3. The summed E-state index contributed by atoms with van der Waals surface area (Å²) in [6.07, 6.45) is 1.34. The van der Waals surface area contributed by atoms with Crippen LogP contribution in [-0.2, 0) is 0 Å². The van der Waals surface area contributed by atoms with E-state index in [-0.39, 0.29) is 16.3 Å². The van der Waals surface area contributed by atoms with Crippen LogP contribution in [0.4, 0.5) is 5.69 Å². The van der Waals surface area contributed by atoms with Crippen molar-refractivity contribution in [1.29, 1.82) is 5.26 Å². The number of nitro benzene ring substituents is 1. The van der Waals surface area contributed by atoms with Crippen LogP contribution in [0.15, 0.2) is 12.1 Å². The zero-order valence-electron chi connectivity index (χ0n) is 13.7. The van der Waals surface area contributed by atoms with Gasteiger partial charge in [0.2, 0.25) is 5.75 Å². The largest absolute Gasteiger partial charge is 0.504 e. The molecular formula is C17H14ClN3O4. The summed E-state index contributed by atoms with van der Waals surface area (Å²) in [7, 11) is 0. The van der Waals surface area contributed by atoms with Crippen LogP contribution < -0.4 is 0 Å². The lowest BCUT2D eigenvalue weighted by Crippen LogP contribution is -1.99. The number of halogens is 1. The highest BCUT2D eigenvalue weighted by Gasteiger charge is 2.20. The number of hydrogen-bond donors (Lipinski definition) is 2. The number of phenolic OH excluding ortho intramolecular Hbond substituents is 2. The lowest BCUT2D eigenvalue weighted by Gasteiger charge is -2.12. The molecule has 0 radical (unpaired) electrons. The van der Waals surface area contributed by atoms with Gasteiger partial charge in [0.15, 0.2) is 5.75 Å². The van der Waals surface area contributed by atoms with Crippen LogP contribution in [0.25, 0.3) is 11.6 Å². The lowest BCUT2D eigenvalue weighted by atomic mass is 9.97. The van der Waals surface area contributed by atoms with Crippen molar-refractivity contribution in [2.75, 3.05) is 0 Å². The minimum absolute atomic E-state index is 0.137. The third kappa shape index (κ3) is 3.39. The van der Waals surface area contributed by atoms with Crippen LogP contribution in [0.2, 0.25) is 5.15 Å². The summed E-state index contributed by atoms with van der Waals surface area (Å²) in [5, 5.41) is 39.8. The lowest BCUT2D eigenvalue weighted by molar-refractivity contribution is -0.386. The first-order valence-electron chi connectivity index (χ1n) is 7.13. The summed E-state index contributed by atoms with van der Waals surface area (Å²) < 4.78 is 0. The molecule has 0 saturated heterocycles. The molecule has 7 nitrogen and oxygen atoms in total. The summed E-state index contributed by atoms with van der Waals surface area (Å²) in [4.78, 5) is 14.3. The van der Waals surface area contributed by atoms with Crippen LogP contribution in [-0.4, -0.2) is 20.1 Å².